The Morgan fingerprint density at radius 2 is 2.00 bits per heavy atom. The molecule has 6 heteroatoms. The van der Waals surface area contributed by atoms with Crippen LogP contribution in [0.3, 0.4) is 0 Å². The van der Waals surface area contributed by atoms with Crippen molar-refractivity contribution in [2.24, 2.45) is 0 Å². The van der Waals surface area contributed by atoms with Crippen LogP contribution < -0.4 is 0 Å². The van der Waals surface area contributed by atoms with E-state index >= 15 is 0 Å². The number of nitrogens with zero attached hydrogens (tertiary/aromatic N) is 2. The Hall–Kier alpha value is -2.31. The van der Waals surface area contributed by atoms with Crippen LogP contribution in [-0.4, -0.2) is 45.6 Å². The van der Waals surface area contributed by atoms with Gasteiger partial charge in [0.15, 0.2) is 5.16 Å². The van der Waals surface area contributed by atoms with Gasteiger partial charge >= 0.3 is 0 Å². The number of carbonyl (C=O) groups is 1. The number of H-pyrrole nitrogens is 1. The van der Waals surface area contributed by atoms with E-state index < -0.39 is 0 Å². The summed E-state index contributed by atoms with van der Waals surface area (Å²) >= 11 is 1.62. The first-order valence-corrected chi connectivity index (χ1v) is 10.5. The molecule has 2 heterocycles. The quantitative estimate of drug-likeness (QED) is 0.661. The van der Waals surface area contributed by atoms with Crippen molar-refractivity contribution in [1.29, 1.82) is 0 Å². The molecule has 1 saturated heterocycles. The van der Waals surface area contributed by atoms with Crippen molar-refractivity contribution in [3.8, 4) is 0 Å². The molecule has 1 fully saturated rings. The summed E-state index contributed by atoms with van der Waals surface area (Å²) in [5, 5.41) is 0.865. The average Bonchev–Trinajstić information content (AvgIpc) is 3.07. The Bertz CT molecular complexity index is 965. The first kappa shape index (κ1) is 19.0. The molecular formula is C22H25N3O2S. The van der Waals surface area contributed by atoms with E-state index in [2.05, 4.69) is 9.97 Å². The van der Waals surface area contributed by atoms with Gasteiger partial charge in [-0.3, -0.25) is 4.79 Å². The van der Waals surface area contributed by atoms with Gasteiger partial charge in [-0.15, -0.1) is 0 Å². The van der Waals surface area contributed by atoms with Gasteiger partial charge in [0.05, 0.1) is 22.7 Å². The number of aromatic nitrogens is 2. The van der Waals surface area contributed by atoms with E-state index in [0.29, 0.717) is 18.8 Å². The van der Waals surface area contributed by atoms with Crippen molar-refractivity contribution in [3.63, 3.8) is 0 Å². The number of morpholine rings is 1. The highest BCUT2D eigenvalue weighted by Crippen LogP contribution is 2.27. The van der Waals surface area contributed by atoms with Gasteiger partial charge in [-0.1, -0.05) is 42.1 Å². The number of benzene rings is 2. The smallest absolute Gasteiger partial charge is 0.254 e. The molecule has 1 N–H and O–H groups in total. The van der Waals surface area contributed by atoms with Crippen molar-refractivity contribution in [2.45, 2.75) is 43.4 Å². The van der Waals surface area contributed by atoms with Crippen molar-refractivity contribution in [3.05, 3.63) is 59.7 Å². The zero-order valence-corrected chi connectivity index (χ0v) is 17.3. The fourth-order valence-electron chi connectivity index (χ4n) is 3.78. The van der Waals surface area contributed by atoms with Crippen LogP contribution in [0.5, 0.6) is 0 Å². The number of fused-ring (bicyclic) bond motifs is 1. The highest BCUT2D eigenvalue weighted by atomic mass is 32.2. The normalized spacial score (nSPS) is 19.1. The standard InChI is InChI=1S/C22H25N3O2S/c1-15-12-25(14-22(2,3)27-15)20(26)17-9-5-4-8-16(17)13-28-21-23-18-10-6-7-11-19(18)24-21/h4-11,15H,12-14H2,1-3H3,(H,23,24)/t15-/m1/s1. The van der Waals surface area contributed by atoms with E-state index in [4.69, 9.17) is 4.74 Å². The number of aromatic amines is 1. The second-order valence-corrected chi connectivity index (χ2v) is 8.84. The van der Waals surface area contributed by atoms with Crippen LogP contribution in [0.15, 0.2) is 53.7 Å². The number of amides is 1. The molecule has 0 unspecified atom stereocenters. The Kier molecular flexibility index (Phi) is 5.17. The third-order valence-corrected chi connectivity index (χ3v) is 5.76. The monoisotopic (exact) mass is 395 g/mol. The molecule has 5 nitrogen and oxygen atoms in total. The molecule has 1 aliphatic heterocycles. The fourth-order valence-corrected chi connectivity index (χ4v) is 4.67. The number of nitrogens with one attached hydrogen (secondary N) is 1. The van der Waals surface area contributed by atoms with Gasteiger partial charge in [0, 0.05) is 24.4 Å². The fraction of sp³-hybridized carbons (Fsp3) is 0.364. The first-order chi connectivity index (χ1) is 13.4. The van der Waals surface area contributed by atoms with Gasteiger partial charge in [0.25, 0.3) is 5.91 Å². The van der Waals surface area contributed by atoms with Gasteiger partial charge in [-0.25, -0.2) is 4.98 Å². The second kappa shape index (κ2) is 7.60. The highest BCUT2D eigenvalue weighted by Gasteiger charge is 2.34. The number of carbonyl (C=O) groups excluding carboxylic acids is 1. The lowest BCUT2D eigenvalue weighted by molar-refractivity contribution is -0.118. The summed E-state index contributed by atoms with van der Waals surface area (Å²) in [6.07, 6.45) is 0.0322. The first-order valence-electron chi connectivity index (χ1n) is 9.54. The van der Waals surface area contributed by atoms with Crippen LogP contribution in [0, 0.1) is 0 Å². The van der Waals surface area contributed by atoms with Crippen LogP contribution in [0.4, 0.5) is 0 Å². The molecule has 0 saturated carbocycles. The molecule has 0 radical (unpaired) electrons. The third kappa shape index (κ3) is 4.08. The average molecular weight is 396 g/mol. The zero-order valence-electron chi connectivity index (χ0n) is 16.4. The van der Waals surface area contributed by atoms with E-state index in [9.17, 15) is 4.79 Å². The third-order valence-electron chi connectivity index (χ3n) is 4.84. The number of hydrogen-bond acceptors (Lipinski definition) is 4. The molecule has 1 amide bonds. The molecule has 0 spiro atoms. The number of ether oxygens (including phenoxy) is 1. The topological polar surface area (TPSA) is 58.2 Å². The van der Waals surface area contributed by atoms with Crippen molar-refractivity contribution < 1.29 is 9.53 Å². The molecule has 3 aromatic rings. The Balaban J connectivity index is 1.52. The van der Waals surface area contributed by atoms with Crippen molar-refractivity contribution in [2.75, 3.05) is 13.1 Å². The Labute approximate surface area is 169 Å². The predicted molar refractivity (Wildman–Crippen MR) is 113 cm³/mol. The lowest BCUT2D eigenvalue weighted by Gasteiger charge is -2.41. The van der Waals surface area contributed by atoms with Gasteiger partial charge in [-0.05, 0) is 44.5 Å². The van der Waals surface area contributed by atoms with E-state index in [1.165, 1.54) is 0 Å². The summed E-state index contributed by atoms with van der Waals surface area (Å²) in [5.74, 6) is 0.759. The van der Waals surface area contributed by atoms with Gasteiger partial charge in [0.1, 0.15) is 0 Å². The van der Waals surface area contributed by atoms with E-state index in [0.717, 1.165) is 27.3 Å². The molecule has 1 atom stereocenters. The van der Waals surface area contributed by atoms with Crippen LogP contribution in [-0.2, 0) is 10.5 Å². The molecule has 0 bridgehead atoms. The summed E-state index contributed by atoms with van der Waals surface area (Å²) in [5.41, 5.74) is 3.44. The van der Waals surface area contributed by atoms with E-state index in [-0.39, 0.29) is 17.6 Å². The maximum atomic E-state index is 13.2. The van der Waals surface area contributed by atoms with E-state index in [1.807, 2.05) is 74.2 Å². The number of thioether (sulfide) groups is 1. The van der Waals surface area contributed by atoms with Gasteiger partial charge < -0.3 is 14.6 Å². The van der Waals surface area contributed by atoms with Gasteiger partial charge in [-0.2, -0.15) is 0 Å². The molecule has 2 aromatic carbocycles. The summed E-state index contributed by atoms with van der Waals surface area (Å²) in [6, 6.07) is 15.8. The van der Waals surface area contributed by atoms with Crippen LogP contribution >= 0.6 is 11.8 Å². The maximum Gasteiger partial charge on any atom is 0.254 e. The number of imidazole rings is 1. The molecule has 1 aromatic heterocycles. The Morgan fingerprint density at radius 1 is 1.25 bits per heavy atom. The summed E-state index contributed by atoms with van der Waals surface area (Å²) < 4.78 is 5.94. The van der Waals surface area contributed by atoms with Crippen LogP contribution in [0.25, 0.3) is 11.0 Å². The molecule has 4 rings (SSSR count). The largest absolute Gasteiger partial charge is 0.369 e. The Morgan fingerprint density at radius 3 is 2.79 bits per heavy atom. The lowest BCUT2D eigenvalue weighted by atomic mass is 10.0. The minimum atomic E-state index is -0.328. The molecule has 146 valence electrons. The molecular weight excluding hydrogens is 370 g/mol. The highest BCUT2D eigenvalue weighted by molar-refractivity contribution is 7.98. The summed E-state index contributed by atoms with van der Waals surface area (Å²) in [4.78, 5) is 23.1. The molecule has 1 aliphatic rings. The maximum absolute atomic E-state index is 13.2. The van der Waals surface area contributed by atoms with Crippen LogP contribution in [0.1, 0.15) is 36.7 Å². The molecule has 0 aliphatic carbocycles. The minimum Gasteiger partial charge on any atom is -0.369 e. The van der Waals surface area contributed by atoms with Crippen molar-refractivity contribution in [1.82, 2.24) is 14.9 Å². The number of hydrogen-bond donors (Lipinski definition) is 1. The zero-order chi connectivity index (χ0) is 19.7. The summed E-state index contributed by atoms with van der Waals surface area (Å²) in [6.45, 7) is 7.30. The van der Waals surface area contributed by atoms with E-state index in [1.54, 1.807) is 11.8 Å². The second-order valence-electron chi connectivity index (χ2n) is 7.88. The number of rotatable bonds is 4. The van der Waals surface area contributed by atoms with Crippen LogP contribution in [0.2, 0.25) is 0 Å². The number of para-hydroxylation sites is 2. The predicted octanol–water partition coefficient (Wildman–Crippen LogP) is 4.49. The SMILES string of the molecule is C[C@@H]1CN(C(=O)c2ccccc2CSc2nc3ccccc3[nH]2)CC(C)(C)O1. The minimum absolute atomic E-state index is 0.0322. The summed E-state index contributed by atoms with van der Waals surface area (Å²) in [7, 11) is 0. The van der Waals surface area contributed by atoms with Gasteiger partial charge in [0.2, 0.25) is 0 Å². The lowest BCUT2D eigenvalue weighted by Crippen LogP contribution is -2.53. The van der Waals surface area contributed by atoms with Crippen molar-refractivity contribution >= 4 is 28.7 Å². The molecule has 28 heavy (non-hydrogen) atoms.